The number of aromatic nitrogens is 1. The molecule has 68 valence electrons. The van der Waals surface area contributed by atoms with Crippen LogP contribution in [-0.2, 0) is 0 Å². The van der Waals surface area contributed by atoms with Gasteiger partial charge in [-0.05, 0) is 30.3 Å². The van der Waals surface area contributed by atoms with Gasteiger partial charge in [0.05, 0.1) is 5.52 Å². The van der Waals surface area contributed by atoms with Gasteiger partial charge in [-0.3, -0.25) is 9.78 Å². The quantitative estimate of drug-likeness (QED) is 0.529. The van der Waals surface area contributed by atoms with E-state index < -0.39 is 0 Å². The van der Waals surface area contributed by atoms with Crippen LogP contribution in [0.2, 0.25) is 0 Å². The molecule has 2 aromatic rings. The van der Waals surface area contributed by atoms with Crippen LogP contribution in [0, 0.1) is 0 Å². The highest BCUT2D eigenvalue weighted by Crippen LogP contribution is 2.13. The van der Waals surface area contributed by atoms with Gasteiger partial charge in [0, 0.05) is 17.1 Å². The maximum atomic E-state index is 11.3. The molecule has 0 bridgehead atoms. The molecule has 0 atom stereocenters. The summed E-state index contributed by atoms with van der Waals surface area (Å²) in [4.78, 5) is 15.5. The first-order valence-electron chi connectivity index (χ1n) is 4.33. The first-order chi connectivity index (χ1) is 6.81. The number of carbonyl (C=O) groups excluding carboxylic acids is 1. The maximum absolute atomic E-state index is 11.3. The zero-order valence-electron chi connectivity index (χ0n) is 7.60. The molecule has 0 saturated heterocycles. The second-order valence-corrected chi connectivity index (χ2v) is 2.98. The van der Waals surface area contributed by atoms with Gasteiger partial charge >= 0.3 is 0 Å². The molecule has 0 saturated carbocycles. The molecule has 0 amide bonds. The summed E-state index contributed by atoms with van der Waals surface area (Å²) < 4.78 is 0. The molecule has 2 heteroatoms. The van der Waals surface area contributed by atoms with Crippen molar-refractivity contribution in [2.45, 2.75) is 0 Å². The average molecular weight is 183 g/mol. The van der Waals surface area contributed by atoms with Crippen LogP contribution >= 0.6 is 0 Å². The van der Waals surface area contributed by atoms with Crippen molar-refractivity contribution < 1.29 is 4.79 Å². The molecular formula is C12H9NO. The SMILES string of the molecule is C=CC(=O)c1ccc2ncccc2c1. The fourth-order valence-corrected chi connectivity index (χ4v) is 1.35. The Morgan fingerprint density at radius 3 is 3.00 bits per heavy atom. The first kappa shape index (κ1) is 8.63. The Morgan fingerprint density at radius 1 is 1.36 bits per heavy atom. The van der Waals surface area contributed by atoms with Gasteiger partial charge in [0.2, 0.25) is 0 Å². The van der Waals surface area contributed by atoms with Gasteiger partial charge in [0.25, 0.3) is 0 Å². The van der Waals surface area contributed by atoms with E-state index in [1.165, 1.54) is 6.08 Å². The summed E-state index contributed by atoms with van der Waals surface area (Å²) in [6.07, 6.45) is 3.05. The van der Waals surface area contributed by atoms with Crippen molar-refractivity contribution in [3.05, 3.63) is 54.7 Å². The van der Waals surface area contributed by atoms with E-state index in [0.29, 0.717) is 5.56 Å². The Labute approximate surface area is 81.9 Å². The van der Waals surface area contributed by atoms with Gasteiger partial charge in [0.15, 0.2) is 5.78 Å². The molecule has 0 spiro atoms. The average Bonchev–Trinajstić information content (AvgIpc) is 2.27. The zero-order valence-corrected chi connectivity index (χ0v) is 7.60. The molecule has 1 heterocycles. The minimum atomic E-state index is -0.0595. The number of fused-ring (bicyclic) bond motifs is 1. The van der Waals surface area contributed by atoms with Crippen LogP contribution in [0.15, 0.2) is 49.2 Å². The van der Waals surface area contributed by atoms with E-state index in [2.05, 4.69) is 11.6 Å². The van der Waals surface area contributed by atoms with Crippen LogP contribution in [0.1, 0.15) is 10.4 Å². The van der Waals surface area contributed by atoms with Crippen LogP contribution in [-0.4, -0.2) is 10.8 Å². The van der Waals surface area contributed by atoms with E-state index in [9.17, 15) is 4.79 Å². The number of carbonyl (C=O) groups is 1. The molecule has 0 N–H and O–H groups in total. The fourth-order valence-electron chi connectivity index (χ4n) is 1.35. The minimum Gasteiger partial charge on any atom is -0.289 e. The molecule has 2 nitrogen and oxygen atoms in total. The molecule has 0 fully saturated rings. The van der Waals surface area contributed by atoms with Gasteiger partial charge in [-0.25, -0.2) is 0 Å². The van der Waals surface area contributed by atoms with Crippen LogP contribution in [0.4, 0.5) is 0 Å². The second kappa shape index (κ2) is 3.42. The Balaban J connectivity index is 2.62. The van der Waals surface area contributed by atoms with E-state index in [4.69, 9.17) is 0 Å². The number of hydrogen-bond acceptors (Lipinski definition) is 2. The Morgan fingerprint density at radius 2 is 2.21 bits per heavy atom. The molecular weight excluding hydrogens is 174 g/mol. The van der Waals surface area contributed by atoms with Gasteiger partial charge < -0.3 is 0 Å². The third-order valence-electron chi connectivity index (χ3n) is 2.07. The van der Waals surface area contributed by atoms with Gasteiger partial charge in [0.1, 0.15) is 0 Å². The Hall–Kier alpha value is -1.96. The lowest BCUT2D eigenvalue weighted by Gasteiger charge is -1.98. The van der Waals surface area contributed by atoms with E-state index in [1.807, 2.05) is 24.3 Å². The summed E-state index contributed by atoms with van der Waals surface area (Å²) >= 11 is 0. The maximum Gasteiger partial charge on any atom is 0.185 e. The Bertz CT molecular complexity index is 502. The molecule has 0 aliphatic rings. The third kappa shape index (κ3) is 1.42. The number of allylic oxidation sites excluding steroid dienone is 1. The number of nitrogens with zero attached hydrogens (tertiary/aromatic N) is 1. The van der Waals surface area contributed by atoms with Crippen molar-refractivity contribution in [2.75, 3.05) is 0 Å². The zero-order chi connectivity index (χ0) is 9.97. The number of rotatable bonds is 2. The van der Waals surface area contributed by atoms with E-state index in [1.54, 1.807) is 12.3 Å². The normalized spacial score (nSPS) is 10.0. The molecule has 0 aliphatic carbocycles. The predicted octanol–water partition coefficient (Wildman–Crippen LogP) is 2.60. The second-order valence-electron chi connectivity index (χ2n) is 2.98. The van der Waals surface area contributed by atoms with Crippen LogP contribution in [0.3, 0.4) is 0 Å². The van der Waals surface area contributed by atoms with Crippen molar-refractivity contribution in [1.29, 1.82) is 0 Å². The van der Waals surface area contributed by atoms with Crippen LogP contribution in [0.25, 0.3) is 10.9 Å². The number of benzene rings is 1. The highest BCUT2D eigenvalue weighted by Gasteiger charge is 2.01. The van der Waals surface area contributed by atoms with Crippen molar-refractivity contribution in [1.82, 2.24) is 4.98 Å². The monoisotopic (exact) mass is 183 g/mol. The molecule has 2 rings (SSSR count). The third-order valence-corrected chi connectivity index (χ3v) is 2.07. The van der Waals surface area contributed by atoms with Gasteiger partial charge in [-0.1, -0.05) is 12.6 Å². The summed E-state index contributed by atoms with van der Waals surface area (Å²) in [5, 5.41) is 0.972. The number of hydrogen-bond donors (Lipinski definition) is 0. The molecule has 0 unspecified atom stereocenters. The minimum absolute atomic E-state index is 0.0595. The lowest BCUT2D eigenvalue weighted by Crippen LogP contribution is -1.93. The molecule has 0 radical (unpaired) electrons. The van der Waals surface area contributed by atoms with Crippen molar-refractivity contribution >= 4 is 16.7 Å². The molecule has 14 heavy (non-hydrogen) atoms. The van der Waals surface area contributed by atoms with Gasteiger partial charge in [-0.15, -0.1) is 0 Å². The Kier molecular flexibility index (Phi) is 2.11. The standard InChI is InChI=1S/C12H9NO/c1-2-12(14)10-5-6-11-9(8-10)4-3-7-13-11/h2-8H,1H2. The summed E-state index contributed by atoms with van der Waals surface area (Å²) in [5.74, 6) is -0.0595. The summed E-state index contributed by atoms with van der Waals surface area (Å²) in [6, 6.07) is 9.21. The summed E-state index contributed by atoms with van der Waals surface area (Å²) in [6.45, 7) is 3.45. The van der Waals surface area contributed by atoms with E-state index in [0.717, 1.165) is 10.9 Å². The molecule has 1 aromatic carbocycles. The lowest BCUT2D eigenvalue weighted by atomic mass is 10.1. The van der Waals surface area contributed by atoms with Crippen molar-refractivity contribution in [3.8, 4) is 0 Å². The molecule has 0 aliphatic heterocycles. The fraction of sp³-hybridized carbons (Fsp3) is 0. The van der Waals surface area contributed by atoms with Crippen LogP contribution < -0.4 is 0 Å². The summed E-state index contributed by atoms with van der Waals surface area (Å²) in [5.41, 5.74) is 1.55. The van der Waals surface area contributed by atoms with Gasteiger partial charge in [-0.2, -0.15) is 0 Å². The van der Waals surface area contributed by atoms with Crippen molar-refractivity contribution in [3.63, 3.8) is 0 Å². The first-order valence-corrected chi connectivity index (χ1v) is 4.33. The molecule has 1 aromatic heterocycles. The smallest absolute Gasteiger partial charge is 0.185 e. The number of ketones is 1. The van der Waals surface area contributed by atoms with Crippen LogP contribution in [0.5, 0.6) is 0 Å². The lowest BCUT2D eigenvalue weighted by molar-refractivity contribution is 0.104. The number of pyridine rings is 1. The predicted molar refractivity (Wildman–Crippen MR) is 56.3 cm³/mol. The highest BCUT2D eigenvalue weighted by molar-refractivity contribution is 6.06. The van der Waals surface area contributed by atoms with E-state index in [-0.39, 0.29) is 5.78 Å². The largest absolute Gasteiger partial charge is 0.289 e. The van der Waals surface area contributed by atoms with E-state index >= 15 is 0 Å². The summed E-state index contributed by atoms with van der Waals surface area (Å²) in [7, 11) is 0. The topological polar surface area (TPSA) is 30.0 Å². The van der Waals surface area contributed by atoms with Crippen molar-refractivity contribution in [2.24, 2.45) is 0 Å². The highest BCUT2D eigenvalue weighted by atomic mass is 16.1.